The van der Waals surface area contributed by atoms with Crippen molar-refractivity contribution < 1.29 is 9.53 Å². The van der Waals surface area contributed by atoms with Gasteiger partial charge >= 0.3 is 0 Å². The molecule has 6 nitrogen and oxygen atoms in total. The number of nitrogens with one attached hydrogen (secondary N) is 2. The minimum Gasteiger partial charge on any atom is -0.437 e. The molecule has 1 amide bonds. The topological polar surface area (TPSA) is 76.1 Å². The van der Waals surface area contributed by atoms with Gasteiger partial charge in [0.05, 0.1) is 12.7 Å². The van der Waals surface area contributed by atoms with Crippen LogP contribution in [-0.4, -0.2) is 29.0 Å². The molecule has 1 saturated carbocycles. The van der Waals surface area contributed by atoms with Gasteiger partial charge < -0.3 is 15.4 Å². The third kappa shape index (κ3) is 5.84. The Bertz CT molecular complexity index is 635. The number of rotatable bonds is 7. The summed E-state index contributed by atoms with van der Waals surface area (Å²) in [6.07, 6.45) is 7.23. The van der Waals surface area contributed by atoms with E-state index >= 15 is 0 Å². The molecule has 0 spiro atoms. The van der Waals surface area contributed by atoms with E-state index in [-0.39, 0.29) is 18.3 Å². The van der Waals surface area contributed by atoms with Crippen LogP contribution < -0.4 is 15.4 Å². The highest BCUT2D eigenvalue weighted by Gasteiger charge is 2.20. The van der Waals surface area contributed by atoms with Gasteiger partial charge in [-0.25, -0.2) is 4.98 Å². The molecule has 1 fully saturated rings. The first kappa shape index (κ1) is 17.2. The molecule has 7 heteroatoms. The highest BCUT2D eigenvalue weighted by molar-refractivity contribution is 5.92. The van der Waals surface area contributed by atoms with Gasteiger partial charge in [-0.15, -0.1) is 12.4 Å². The van der Waals surface area contributed by atoms with Crippen molar-refractivity contribution in [3.8, 4) is 11.6 Å². The first-order valence-corrected chi connectivity index (χ1v) is 7.34. The number of halogens is 1. The number of hydrogen-bond donors (Lipinski definition) is 2. The molecule has 0 unspecified atom stereocenters. The van der Waals surface area contributed by atoms with Crippen LogP contribution in [0.5, 0.6) is 11.6 Å². The SMILES string of the molecule is Cl.O=C(CNCC1CC1)Nc1cccc(Oc2cnccn2)c1. The summed E-state index contributed by atoms with van der Waals surface area (Å²) in [6, 6.07) is 7.20. The molecule has 122 valence electrons. The van der Waals surface area contributed by atoms with Gasteiger partial charge in [0.25, 0.3) is 0 Å². The monoisotopic (exact) mass is 334 g/mol. The molecule has 1 aromatic heterocycles. The Balaban J connectivity index is 0.00000192. The number of benzene rings is 1. The molecule has 23 heavy (non-hydrogen) atoms. The van der Waals surface area contributed by atoms with Crippen LogP contribution in [0, 0.1) is 5.92 Å². The molecule has 0 aliphatic heterocycles. The van der Waals surface area contributed by atoms with Gasteiger partial charge in [0.1, 0.15) is 5.75 Å². The van der Waals surface area contributed by atoms with Crippen LogP contribution in [0.25, 0.3) is 0 Å². The molecule has 0 bridgehead atoms. The fourth-order valence-corrected chi connectivity index (χ4v) is 2.01. The second kappa shape index (κ2) is 8.45. The third-order valence-corrected chi connectivity index (χ3v) is 3.30. The maximum atomic E-state index is 11.8. The summed E-state index contributed by atoms with van der Waals surface area (Å²) in [4.78, 5) is 19.8. The Labute approximate surface area is 141 Å². The second-order valence-electron chi connectivity index (χ2n) is 5.30. The first-order valence-electron chi connectivity index (χ1n) is 7.34. The summed E-state index contributed by atoms with van der Waals surface area (Å²) in [5, 5.41) is 6.01. The molecule has 1 aliphatic rings. The number of carbonyl (C=O) groups is 1. The molecule has 2 N–H and O–H groups in total. The van der Waals surface area contributed by atoms with Crippen molar-refractivity contribution in [3.05, 3.63) is 42.9 Å². The van der Waals surface area contributed by atoms with Gasteiger partial charge in [-0.3, -0.25) is 9.78 Å². The van der Waals surface area contributed by atoms with E-state index in [0.717, 1.165) is 12.5 Å². The Morgan fingerprint density at radius 3 is 2.91 bits per heavy atom. The van der Waals surface area contributed by atoms with Gasteiger partial charge in [0.15, 0.2) is 0 Å². The normalized spacial score (nSPS) is 13.0. The van der Waals surface area contributed by atoms with E-state index in [9.17, 15) is 4.79 Å². The largest absolute Gasteiger partial charge is 0.437 e. The summed E-state index contributed by atoms with van der Waals surface area (Å²) < 4.78 is 5.58. The van der Waals surface area contributed by atoms with Gasteiger partial charge in [-0.2, -0.15) is 0 Å². The predicted molar refractivity (Wildman–Crippen MR) is 90.0 cm³/mol. The van der Waals surface area contributed by atoms with Gasteiger partial charge in [-0.05, 0) is 37.4 Å². The molecule has 0 atom stereocenters. The first-order chi connectivity index (χ1) is 10.8. The molecule has 0 saturated heterocycles. The van der Waals surface area contributed by atoms with E-state index in [4.69, 9.17) is 4.74 Å². The quantitative estimate of drug-likeness (QED) is 0.814. The van der Waals surface area contributed by atoms with Crippen LogP contribution in [0.2, 0.25) is 0 Å². The summed E-state index contributed by atoms with van der Waals surface area (Å²) >= 11 is 0. The van der Waals surface area contributed by atoms with Crippen molar-refractivity contribution in [2.45, 2.75) is 12.8 Å². The lowest BCUT2D eigenvalue weighted by molar-refractivity contribution is -0.115. The second-order valence-corrected chi connectivity index (χ2v) is 5.30. The van der Waals surface area contributed by atoms with E-state index in [1.54, 1.807) is 24.5 Å². The van der Waals surface area contributed by atoms with Crippen molar-refractivity contribution in [2.24, 2.45) is 5.92 Å². The Morgan fingerprint density at radius 2 is 2.17 bits per heavy atom. The number of amides is 1. The van der Waals surface area contributed by atoms with Gasteiger partial charge in [0, 0.05) is 24.1 Å². The molecular weight excluding hydrogens is 316 g/mol. The Hall–Kier alpha value is -2.18. The summed E-state index contributed by atoms with van der Waals surface area (Å²) in [5.74, 6) is 1.72. The zero-order valence-electron chi connectivity index (χ0n) is 12.6. The molecule has 3 rings (SSSR count). The maximum absolute atomic E-state index is 11.8. The Kier molecular flexibility index (Phi) is 6.31. The van der Waals surface area contributed by atoms with Crippen molar-refractivity contribution >= 4 is 24.0 Å². The van der Waals surface area contributed by atoms with Crippen LogP contribution in [-0.2, 0) is 4.79 Å². The van der Waals surface area contributed by atoms with Gasteiger partial charge in [0.2, 0.25) is 11.8 Å². The summed E-state index contributed by atoms with van der Waals surface area (Å²) in [5.41, 5.74) is 0.694. The highest BCUT2D eigenvalue weighted by atomic mass is 35.5. The van der Waals surface area contributed by atoms with Gasteiger partial charge in [-0.1, -0.05) is 6.07 Å². The number of hydrogen-bond acceptors (Lipinski definition) is 5. The Morgan fingerprint density at radius 1 is 1.30 bits per heavy atom. The molecular formula is C16H19ClN4O2. The van der Waals surface area contributed by atoms with E-state index < -0.39 is 0 Å². The van der Waals surface area contributed by atoms with E-state index in [2.05, 4.69) is 20.6 Å². The lowest BCUT2D eigenvalue weighted by atomic mass is 10.3. The molecule has 1 aromatic carbocycles. The fourth-order valence-electron chi connectivity index (χ4n) is 2.01. The molecule has 1 heterocycles. The zero-order valence-corrected chi connectivity index (χ0v) is 13.4. The fraction of sp³-hybridized carbons (Fsp3) is 0.312. The van der Waals surface area contributed by atoms with Crippen molar-refractivity contribution in [1.82, 2.24) is 15.3 Å². The average molecular weight is 335 g/mol. The molecule has 2 aromatic rings. The number of ether oxygens (including phenoxy) is 1. The average Bonchev–Trinajstić information content (AvgIpc) is 3.33. The summed E-state index contributed by atoms with van der Waals surface area (Å²) in [6.45, 7) is 1.25. The van der Waals surface area contributed by atoms with Crippen LogP contribution in [0.4, 0.5) is 5.69 Å². The van der Waals surface area contributed by atoms with Crippen LogP contribution in [0.3, 0.4) is 0 Å². The zero-order chi connectivity index (χ0) is 15.2. The summed E-state index contributed by atoms with van der Waals surface area (Å²) in [7, 11) is 0. The number of anilines is 1. The minimum atomic E-state index is -0.0581. The smallest absolute Gasteiger partial charge is 0.238 e. The van der Waals surface area contributed by atoms with Crippen molar-refractivity contribution in [2.75, 3.05) is 18.4 Å². The van der Waals surface area contributed by atoms with Crippen LogP contribution in [0.1, 0.15) is 12.8 Å². The van der Waals surface area contributed by atoms with Crippen LogP contribution in [0.15, 0.2) is 42.9 Å². The lowest BCUT2D eigenvalue weighted by Gasteiger charge is -2.08. The molecule has 1 aliphatic carbocycles. The van der Waals surface area contributed by atoms with E-state index in [1.165, 1.54) is 19.0 Å². The third-order valence-electron chi connectivity index (χ3n) is 3.30. The lowest BCUT2D eigenvalue weighted by Crippen LogP contribution is -2.29. The van der Waals surface area contributed by atoms with Crippen molar-refractivity contribution in [1.29, 1.82) is 0 Å². The molecule has 0 radical (unpaired) electrons. The number of aromatic nitrogens is 2. The maximum Gasteiger partial charge on any atom is 0.238 e. The van der Waals surface area contributed by atoms with E-state index in [0.29, 0.717) is 23.9 Å². The minimum absolute atomic E-state index is 0. The standard InChI is InChI=1S/C16H18N4O2.ClH/c21-15(10-18-9-12-4-5-12)20-13-2-1-3-14(8-13)22-16-11-17-6-7-19-16;/h1-3,6-8,11-12,18H,4-5,9-10H2,(H,20,21);1H. The van der Waals surface area contributed by atoms with Crippen molar-refractivity contribution in [3.63, 3.8) is 0 Å². The predicted octanol–water partition coefficient (Wildman–Crippen LogP) is 2.63. The van der Waals surface area contributed by atoms with E-state index in [1.807, 2.05) is 12.1 Å². The van der Waals surface area contributed by atoms with Crippen LogP contribution >= 0.6 is 12.4 Å². The highest BCUT2D eigenvalue weighted by Crippen LogP contribution is 2.27. The number of carbonyl (C=O) groups excluding carboxylic acids is 1. The number of nitrogens with zero attached hydrogens (tertiary/aromatic N) is 2.